The third-order valence-corrected chi connectivity index (χ3v) is 4.99. The first-order chi connectivity index (χ1) is 8.02. The lowest BCUT2D eigenvalue weighted by atomic mass is 9.76. The summed E-state index contributed by atoms with van der Waals surface area (Å²) in [5.41, 5.74) is 9.14. The second kappa shape index (κ2) is 4.62. The van der Waals surface area contributed by atoms with E-state index in [0.717, 1.165) is 34.0 Å². The van der Waals surface area contributed by atoms with Crippen molar-refractivity contribution in [3.63, 3.8) is 0 Å². The van der Waals surface area contributed by atoms with Gasteiger partial charge in [-0.1, -0.05) is 28.8 Å². The molecule has 0 aliphatic heterocycles. The molecule has 0 heterocycles. The predicted molar refractivity (Wildman–Crippen MR) is 74.5 cm³/mol. The zero-order valence-electron chi connectivity index (χ0n) is 10.5. The summed E-state index contributed by atoms with van der Waals surface area (Å²) in [5, 5.41) is 10.4. The molecule has 1 aromatic carbocycles. The summed E-state index contributed by atoms with van der Waals surface area (Å²) in [7, 11) is 0. The maximum Gasteiger partial charge on any atom is 0.122 e. The van der Waals surface area contributed by atoms with Gasteiger partial charge in [-0.05, 0) is 43.9 Å². The molecule has 1 aliphatic carbocycles. The van der Waals surface area contributed by atoms with Crippen LogP contribution in [0.3, 0.4) is 0 Å². The average molecular weight is 298 g/mol. The first kappa shape index (κ1) is 12.9. The first-order valence-corrected chi connectivity index (χ1v) is 7.00. The van der Waals surface area contributed by atoms with E-state index in [1.807, 2.05) is 13.0 Å². The van der Waals surface area contributed by atoms with E-state index in [0.29, 0.717) is 12.3 Å². The van der Waals surface area contributed by atoms with Crippen LogP contribution in [0.25, 0.3) is 0 Å². The fourth-order valence-electron chi connectivity index (χ4n) is 3.12. The van der Waals surface area contributed by atoms with Crippen molar-refractivity contribution >= 4 is 15.9 Å². The minimum absolute atomic E-state index is 0.0112. The van der Waals surface area contributed by atoms with Crippen LogP contribution >= 0.6 is 15.9 Å². The first-order valence-electron chi connectivity index (χ1n) is 6.21. The van der Waals surface area contributed by atoms with Crippen LogP contribution in [-0.2, 0) is 5.41 Å². The van der Waals surface area contributed by atoms with Gasteiger partial charge in [0.15, 0.2) is 0 Å². The minimum Gasteiger partial charge on any atom is -0.507 e. The summed E-state index contributed by atoms with van der Waals surface area (Å²) in [6, 6.07) is 1.98. The van der Waals surface area contributed by atoms with Gasteiger partial charge in [-0.2, -0.15) is 0 Å². The third kappa shape index (κ3) is 2.00. The topological polar surface area (TPSA) is 46.2 Å². The smallest absolute Gasteiger partial charge is 0.122 e. The van der Waals surface area contributed by atoms with Crippen molar-refractivity contribution in [3.05, 3.63) is 27.2 Å². The number of aryl methyl sites for hydroxylation is 1. The normalized spacial score (nSPS) is 18.6. The van der Waals surface area contributed by atoms with Crippen molar-refractivity contribution in [2.24, 2.45) is 5.73 Å². The second-order valence-electron chi connectivity index (χ2n) is 5.22. The van der Waals surface area contributed by atoms with E-state index in [9.17, 15) is 5.11 Å². The quantitative estimate of drug-likeness (QED) is 0.877. The Labute approximate surface area is 111 Å². The molecule has 0 atom stereocenters. The second-order valence-corrected chi connectivity index (χ2v) is 6.07. The lowest BCUT2D eigenvalue weighted by molar-refractivity contribution is 0.401. The largest absolute Gasteiger partial charge is 0.507 e. The molecule has 0 spiro atoms. The lowest BCUT2D eigenvalue weighted by Gasteiger charge is -2.31. The minimum atomic E-state index is -0.0112. The summed E-state index contributed by atoms with van der Waals surface area (Å²) in [6.07, 6.45) is 4.60. The summed E-state index contributed by atoms with van der Waals surface area (Å²) in [6.45, 7) is 4.63. The van der Waals surface area contributed by atoms with Gasteiger partial charge in [-0.15, -0.1) is 0 Å². The van der Waals surface area contributed by atoms with Gasteiger partial charge >= 0.3 is 0 Å². The molecule has 2 nitrogen and oxygen atoms in total. The number of aromatic hydroxyl groups is 1. The zero-order chi connectivity index (χ0) is 12.6. The van der Waals surface area contributed by atoms with E-state index in [1.54, 1.807) is 0 Å². The summed E-state index contributed by atoms with van der Waals surface area (Å²) < 4.78 is 1.07. The van der Waals surface area contributed by atoms with Crippen LogP contribution in [0.15, 0.2) is 10.5 Å². The molecule has 0 amide bonds. The zero-order valence-corrected chi connectivity index (χ0v) is 12.1. The molecule has 1 aromatic rings. The van der Waals surface area contributed by atoms with Gasteiger partial charge in [0.2, 0.25) is 0 Å². The Balaban J connectivity index is 2.65. The molecule has 94 valence electrons. The highest BCUT2D eigenvalue weighted by Crippen LogP contribution is 2.47. The van der Waals surface area contributed by atoms with Gasteiger partial charge in [-0.3, -0.25) is 0 Å². The highest BCUT2D eigenvalue weighted by molar-refractivity contribution is 9.10. The predicted octanol–water partition coefficient (Wildman–Crippen LogP) is 3.54. The van der Waals surface area contributed by atoms with Gasteiger partial charge in [0.05, 0.1) is 0 Å². The number of phenols is 1. The van der Waals surface area contributed by atoms with Gasteiger partial charge in [0, 0.05) is 22.0 Å². The highest BCUT2D eigenvalue weighted by Gasteiger charge is 2.38. The molecule has 0 saturated heterocycles. The van der Waals surface area contributed by atoms with Gasteiger partial charge < -0.3 is 10.8 Å². The molecule has 0 bridgehead atoms. The molecule has 0 unspecified atom stereocenters. The van der Waals surface area contributed by atoms with E-state index in [2.05, 4.69) is 22.9 Å². The van der Waals surface area contributed by atoms with E-state index >= 15 is 0 Å². The van der Waals surface area contributed by atoms with Crippen LogP contribution in [0.5, 0.6) is 5.75 Å². The molecule has 1 fully saturated rings. The van der Waals surface area contributed by atoms with Crippen molar-refractivity contribution in [1.82, 2.24) is 0 Å². The number of benzene rings is 1. The standard InChI is InChI=1S/C14H20BrNO/c1-9-7-11(15)10(2)12(13(9)17)14(8-16)5-3-4-6-14/h7,17H,3-6,8,16H2,1-2H3. The van der Waals surface area contributed by atoms with Crippen LogP contribution in [0.1, 0.15) is 42.4 Å². The molecule has 0 radical (unpaired) electrons. The van der Waals surface area contributed by atoms with E-state index in [-0.39, 0.29) is 5.41 Å². The number of halogens is 1. The number of phenolic OH excluding ortho intramolecular Hbond substituents is 1. The number of hydrogen-bond acceptors (Lipinski definition) is 2. The van der Waals surface area contributed by atoms with Crippen molar-refractivity contribution in [2.75, 3.05) is 6.54 Å². The monoisotopic (exact) mass is 297 g/mol. The van der Waals surface area contributed by atoms with Gasteiger partial charge in [0.25, 0.3) is 0 Å². The Kier molecular flexibility index (Phi) is 3.50. The number of rotatable bonds is 2. The Morgan fingerprint density at radius 3 is 2.47 bits per heavy atom. The Bertz CT molecular complexity index is 410. The van der Waals surface area contributed by atoms with Crippen molar-refractivity contribution in [3.8, 4) is 5.75 Å². The SMILES string of the molecule is Cc1cc(Br)c(C)c(C2(CN)CCCC2)c1O. The maximum absolute atomic E-state index is 10.4. The summed E-state index contributed by atoms with van der Waals surface area (Å²) >= 11 is 3.58. The van der Waals surface area contributed by atoms with E-state index in [1.165, 1.54) is 12.8 Å². The van der Waals surface area contributed by atoms with Crippen LogP contribution in [0.4, 0.5) is 0 Å². The molecule has 1 saturated carbocycles. The molecule has 3 heteroatoms. The van der Waals surface area contributed by atoms with Gasteiger partial charge in [0.1, 0.15) is 5.75 Å². The number of nitrogens with two attached hydrogens (primary N) is 1. The molecule has 2 rings (SSSR count). The molecule has 3 N–H and O–H groups in total. The van der Waals surface area contributed by atoms with E-state index in [4.69, 9.17) is 5.73 Å². The molecule has 0 aromatic heterocycles. The number of hydrogen-bond donors (Lipinski definition) is 2. The molecular formula is C14H20BrNO. The summed E-state index contributed by atoms with van der Waals surface area (Å²) in [5.74, 6) is 0.443. The third-order valence-electron chi connectivity index (χ3n) is 4.17. The Hall–Kier alpha value is -0.540. The lowest BCUT2D eigenvalue weighted by Crippen LogP contribution is -2.33. The van der Waals surface area contributed by atoms with Crippen molar-refractivity contribution in [1.29, 1.82) is 0 Å². The van der Waals surface area contributed by atoms with Crippen LogP contribution < -0.4 is 5.73 Å². The average Bonchev–Trinajstić information content (AvgIpc) is 2.77. The molecule has 17 heavy (non-hydrogen) atoms. The van der Waals surface area contributed by atoms with Crippen LogP contribution in [-0.4, -0.2) is 11.7 Å². The van der Waals surface area contributed by atoms with Crippen molar-refractivity contribution < 1.29 is 5.11 Å². The Morgan fingerprint density at radius 1 is 1.35 bits per heavy atom. The van der Waals surface area contributed by atoms with E-state index < -0.39 is 0 Å². The fourth-order valence-corrected chi connectivity index (χ4v) is 3.66. The van der Waals surface area contributed by atoms with Gasteiger partial charge in [-0.25, -0.2) is 0 Å². The maximum atomic E-state index is 10.4. The molecular weight excluding hydrogens is 278 g/mol. The fraction of sp³-hybridized carbons (Fsp3) is 0.571. The Morgan fingerprint density at radius 2 is 1.94 bits per heavy atom. The molecule has 1 aliphatic rings. The van der Waals surface area contributed by atoms with Crippen molar-refractivity contribution in [2.45, 2.75) is 44.9 Å². The summed E-state index contributed by atoms with van der Waals surface area (Å²) in [4.78, 5) is 0. The highest BCUT2D eigenvalue weighted by atomic mass is 79.9. The van der Waals surface area contributed by atoms with Crippen LogP contribution in [0.2, 0.25) is 0 Å². The van der Waals surface area contributed by atoms with Crippen LogP contribution in [0, 0.1) is 13.8 Å².